The highest BCUT2D eigenvalue weighted by atomic mass is 32.2. The first kappa shape index (κ1) is 22.5. The number of hydrogen-bond acceptors (Lipinski definition) is 4. The van der Waals surface area contributed by atoms with E-state index in [2.05, 4.69) is 29.3 Å². The molecule has 1 heterocycles. The van der Waals surface area contributed by atoms with Gasteiger partial charge in [0.1, 0.15) is 0 Å². The van der Waals surface area contributed by atoms with Gasteiger partial charge in [-0.2, -0.15) is 4.31 Å². The van der Waals surface area contributed by atoms with Crippen LogP contribution in [0.1, 0.15) is 12.0 Å². The average Bonchev–Trinajstić information content (AvgIpc) is 2.82. The number of ether oxygens (including phenoxy) is 1. The van der Waals surface area contributed by atoms with Crippen molar-refractivity contribution < 1.29 is 13.2 Å². The number of benzene rings is 3. The van der Waals surface area contributed by atoms with E-state index in [-0.39, 0.29) is 5.92 Å². The highest BCUT2D eigenvalue weighted by Crippen LogP contribution is 2.25. The van der Waals surface area contributed by atoms with Gasteiger partial charge in [-0.1, -0.05) is 66.7 Å². The first-order chi connectivity index (χ1) is 15.6. The largest absolute Gasteiger partial charge is 0.383 e. The summed E-state index contributed by atoms with van der Waals surface area (Å²) in [4.78, 5) is 2.60. The molecule has 5 nitrogen and oxygen atoms in total. The number of rotatable bonds is 9. The van der Waals surface area contributed by atoms with E-state index in [1.807, 2.05) is 48.5 Å². The SMILES string of the molecule is COCCN(C[C@@H]1CC=CN(Cc2ccccc2)C1)S(=O)(=O)c1ccc2ccccc2c1. The molecule has 0 spiro atoms. The molecule has 1 aliphatic heterocycles. The summed E-state index contributed by atoms with van der Waals surface area (Å²) in [5, 5.41) is 1.96. The van der Waals surface area contributed by atoms with E-state index in [1.54, 1.807) is 23.5 Å². The molecule has 32 heavy (non-hydrogen) atoms. The lowest BCUT2D eigenvalue weighted by Gasteiger charge is -2.33. The molecule has 4 rings (SSSR count). The van der Waals surface area contributed by atoms with Gasteiger partial charge in [-0.25, -0.2) is 8.42 Å². The molecule has 0 saturated heterocycles. The van der Waals surface area contributed by atoms with Crippen LogP contribution in [-0.2, 0) is 21.3 Å². The highest BCUT2D eigenvalue weighted by Gasteiger charge is 2.28. The van der Waals surface area contributed by atoms with Crippen molar-refractivity contribution in [2.24, 2.45) is 5.92 Å². The van der Waals surface area contributed by atoms with Crippen LogP contribution >= 0.6 is 0 Å². The first-order valence-electron chi connectivity index (χ1n) is 11.0. The van der Waals surface area contributed by atoms with Crippen LogP contribution in [0.2, 0.25) is 0 Å². The minimum Gasteiger partial charge on any atom is -0.383 e. The predicted octanol–water partition coefficient (Wildman–Crippen LogP) is 4.51. The van der Waals surface area contributed by atoms with E-state index < -0.39 is 10.0 Å². The van der Waals surface area contributed by atoms with Gasteiger partial charge in [0, 0.05) is 33.3 Å². The van der Waals surface area contributed by atoms with Crippen LogP contribution in [0, 0.1) is 5.92 Å². The molecular formula is C26H30N2O3S. The zero-order valence-corrected chi connectivity index (χ0v) is 19.2. The van der Waals surface area contributed by atoms with Gasteiger partial charge in [0.25, 0.3) is 0 Å². The Bertz CT molecular complexity index is 1160. The zero-order valence-electron chi connectivity index (χ0n) is 18.4. The van der Waals surface area contributed by atoms with E-state index in [0.717, 1.165) is 30.3 Å². The molecule has 0 bridgehead atoms. The van der Waals surface area contributed by atoms with Crippen LogP contribution in [0.15, 0.2) is 90.0 Å². The van der Waals surface area contributed by atoms with Gasteiger partial charge in [0.2, 0.25) is 10.0 Å². The Kier molecular flexibility index (Phi) is 7.25. The van der Waals surface area contributed by atoms with Crippen LogP contribution in [-0.4, -0.2) is 51.0 Å². The molecular weight excluding hydrogens is 420 g/mol. The van der Waals surface area contributed by atoms with Crippen molar-refractivity contribution in [2.45, 2.75) is 17.9 Å². The molecule has 0 aliphatic carbocycles. The van der Waals surface area contributed by atoms with Crippen molar-refractivity contribution in [1.82, 2.24) is 9.21 Å². The summed E-state index contributed by atoms with van der Waals surface area (Å²) >= 11 is 0. The van der Waals surface area contributed by atoms with Crippen LogP contribution in [0.5, 0.6) is 0 Å². The molecule has 0 N–H and O–H groups in total. The van der Waals surface area contributed by atoms with Gasteiger partial charge in [0.15, 0.2) is 0 Å². The molecule has 0 saturated carbocycles. The maximum Gasteiger partial charge on any atom is 0.243 e. The molecule has 3 aromatic carbocycles. The lowest BCUT2D eigenvalue weighted by molar-refractivity contribution is 0.167. The highest BCUT2D eigenvalue weighted by molar-refractivity contribution is 7.89. The second-order valence-corrected chi connectivity index (χ2v) is 10.2. The zero-order chi connectivity index (χ0) is 22.4. The predicted molar refractivity (Wildman–Crippen MR) is 129 cm³/mol. The number of fused-ring (bicyclic) bond motifs is 1. The Balaban J connectivity index is 1.51. The average molecular weight is 451 g/mol. The van der Waals surface area contributed by atoms with Crippen LogP contribution < -0.4 is 0 Å². The van der Waals surface area contributed by atoms with Crippen molar-refractivity contribution in [3.05, 3.63) is 90.6 Å². The molecule has 0 radical (unpaired) electrons. The number of sulfonamides is 1. The molecule has 3 aromatic rings. The number of allylic oxidation sites excluding steroid dienone is 1. The summed E-state index contributed by atoms with van der Waals surface area (Å²) in [6, 6.07) is 23.5. The lowest BCUT2D eigenvalue weighted by Crippen LogP contribution is -2.41. The maximum absolute atomic E-state index is 13.6. The third kappa shape index (κ3) is 5.38. The molecule has 1 atom stereocenters. The maximum atomic E-state index is 13.6. The number of hydrogen-bond donors (Lipinski definition) is 0. The van der Waals surface area contributed by atoms with Crippen molar-refractivity contribution in [3.63, 3.8) is 0 Å². The van der Waals surface area contributed by atoms with Crippen molar-refractivity contribution in [1.29, 1.82) is 0 Å². The van der Waals surface area contributed by atoms with E-state index >= 15 is 0 Å². The van der Waals surface area contributed by atoms with Crippen LogP contribution in [0.4, 0.5) is 0 Å². The third-order valence-electron chi connectivity index (χ3n) is 5.87. The summed E-state index contributed by atoms with van der Waals surface area (Å²) in [7, 11) is -2.03. The summed E-state index contributed by atoms with van der Waals surface area (Å²) in [6.07, 6.45) is 5.14. The normalized spacial score (nSPS) is 16.7. The molecule has 1 aliphatic rings. The Morgan fingerprint density at radius 3 is 2.53 bits per heavy atom. The van der Waals surface area contributed by atoms with Gasteiger partial charge < -0.3 is 9.64 Å². The van der Waals surface area contributed by atoms with E-state index in [1.165, 1.54) is 5.56 Å². The van der Waals surface area contributed by atoms with E-state index in [9.17, 15) is 8.42 Å². The molecule has 0 aromatic heterocycles. The van der Waals surface area contributed by atoms with Crippen molar-refractivity contribution in [3.8, 4) is 0 Å². The summed E-state index contributed by atoms with van der Waals surface area (Å²) < 4.78 is 34.0. The monoisotopic (exact) mass is 450 g/mol. The Morgan fingerprint density at radius 1 is 1.00 bits per heavy atom. The Hall–Kier alpha value is -2.67. The number of nitrogens with zero attached hydrogens (tertiary/aromatic N) is 2. The first-order valence-corrected chi connectivity index (χ1v) is 12.4. The van der Waals surface area contributed by atoms with Gasteiger partial charge >= 0.3 is 0 Å². The second kappa shape index (κ2) is 10.3. The van der Waals surface area contributed by atoms with E-state index in [0.29, 0.717) is 24.6 Å². The lowest BCUT2D eigenvalue weighted by atomic mass is 10.0. The second-order valence-electron chi connectivity index (χ2n) is 8.27. The van der Waals surface area contributed by atoms with Crippen LogP contribution in [0.3, 0.4) is 0 Å². The molecule has 168 valence electrons. The number of methoxy groups -OCH3 is 1. The van der Waals surface area contributed by atoms with Gasteiger partial charge in [0.05, 0.1) is 11.5 Å². The Morgan fingerprint density at radius 2 is 1.75 bits per heavy atom. The van der Waals surface area contributed by atoms with Crippen LogP contribution in [0.25, 0.3) is 10.8 Å². The molecule has 0 unspecified atom stereocenters. The van der Waals surface area contributed by atoms with Gasteiger partial charge in [-0.15, -0.1) is 0 Å². The Labute approximate surface area is 191 Å². The standard InChI is InChI=1S/C26H30N2O3S/c1-31-17-16-28(32(29,30)26-14-13-24-11-5-6-12-25(24)18-26)21-23-10-7-15-27(20-23)19-22-8-3-2-4-9-22/h2-9,11-15,18,23H,10,16-17,19-21H2,1H3/t23-/m1/s1. The quantitative estimate of drug-likeness (QED) is 0.481. The fourth-order valence-electron chi connectivity index (χ4n) is 4.20. The minimum absolute atomic E-state index is 0.218. The van der Waals surface area contributed by atoms with Gasteiger partial charge in [-0.05, 0) is 47.0 Å². The fourth-order valence-corrected chi connectivity index (χ4v) is 5.74. The van der Waals surface area contributed by atoms with Crippen molar-refractivity contribution >= 4 is 20.8 Å². The summed E-state index contributed by atoms with van der Waals surface area (Å²) in [6.45, 7) is 2.81. The van der Waals surface area contributed by atoms with Crippen molar-refractivity contribution in [2.75, 3.05) is 33.4 Å². The van der Waals surface area contributed by atoms with Gasteiger partial charge in [-0.3, -0.25) is 0 Å². The minimum atomic E-state index is -3.63. The smallest absolute Gasteiger partial charge is 0.243 e. The topological polar surface area (TPSA) is 49.9 Å². The summed E-state index contributed by atoms with van der Waals surface area (Å²) in [5.74, 6) is 0.218. The molecule has 6 heteroatoms. The fraction of sp³-hybridized carbons (Fsp3) is 0.308. The summed E-state index contributed by atoms with van der Waals surface area (Å²) in [5.41, 5.74) is 1.25. The third-order valence-corrected chi connectivity index (χ3v) is 7.73. The molecule has 0 fully saturated rings. The van der Waals surface area contributed by atoms with E-state index in [4.69, 9.17) is 4.74 Å². The molecule has 0 amide bonds.